The molecule has 3 nitrogen and oxygen atoms in total. The number of hydrogen-bond acceptors (Lipinski definition) is 2. The number of H-pyrrole nitrogens is 1. The number of imidazole rings is 1. The summed E-state index contributed by atoms with van der Waals surface area (Å²) in [5.74, 6) is 1.66. The standard InChI is InChI=1S/C11H15N3/c1-7(2)6-9-13-10-8(3)4-5-12-11(10)14-9/h4-5,7H,6H2,1-3H3,(H,12,13,14). The maximum absolute atomic E-state index is 4.45. The van der Waals surface area contributed by atoms with Gasteiger partial charge in [0.2, 0.25) is 0 Å². The fraction of sp³-hybridized carbons (Fsp3) is 0.455. The molecule has 0 fully saturated rings. The van der Waals surface area contributed by atoms with Crippen LogP contribution in [0.1, 0.15) is 25.2 Å². The highest BCUT2D eigenvalue weighted by molar-refractivity contribution is 5.74. The third kappa shape index (κ3) is 1.62. The molecule has 0 aliphatic rings. The lowest BCUT2D eigenvalue weighted by Crippen LogP contribution is -1.95. The first-order chi connectivity index (χ1) is 6.66. The van der Waals surface area contributed by atoms with Crippen LogP contribution in [0.2, 0.25) is 0 Å². The minimum Gasteiger partial charge on any atom is -0.340 e. The van der Waals surface area contributed by atoms with Crippen LogP contribution in [0.25, 0.3) is 11.2 Å². The number of aromatic amines is 1. The number of hydrogen-bond donors (Lipinski definition) is 1. The number of pyridine rings is 1. The molecular weight excluding hydrogens is 174 g/mol. The van der Waals surface area contributed by atoms with E-state index < -0.39 is 0 Å². The fourth-order valence-corrected chi connectivity index (χ4v) is 1.57. The van der Waals surface area contributed by atoms with Crippen LogP contribution in [0.4, 0.5) is 0 Å². The molecular formula is C11H15N3. The molecule has 0 radical (unpaired) electrons. The lowest BCUT2D eigenvalue weighted by molar-refractivity contribution is 0.627. The molecule has 0 bridgehead atoms. The highest BCUT2D eigenvalue weighted by atomic mass is 15.0. The van der Waals surface area contributed by atoms with Crippen LogP contribution < -0.4 is 0 Å². The van der Waals surface area contributed by atoms with Crippen molar-refractivity contribution in [3.05, 3.63) is 23.7 Å². The summed E-state index contributed by atoms with van der Waals surface area (Å²) in [5.41, 5.74) is 3.11. The summed E-state index contributed by atoms with van der Waals surface area (Å²) in [6.45, 7) is 6.45. The van der Waals surface area contributed by atoms with Gasteiger partial charge < -0.3 is 4.98 Å². The van der Waals surface area contributed by atoms with Gasteiger partial charge in [-0.25, -0.2) is 9.97 Å². The summed E-state index contributed by atoms with van der Waals surface area (Å²) in [6.07, 6.45) is 2.79. The van der Waals surface area contributed by atoms with Gasteiger partial charge in [-0.2, -0.15) is 0 Å². The monoisotopic (exact) mass is 189 g/mol. The van der Waals surface area contributed by atoms with E-state index in [4.69, 9.17) is 0 Å². The van der Waals surface area contributed by atoms with E-state index in [-0.39, 0.29) is 0 Å². The average Bonchev–Trinajstić information content (AvgIpc) is 2.47. The molecule has 1 N–H and O–H groups in total. The van der Waals surface area contributed by atoms with Crippen LogP contribution in [0.15, 0.2) is 12.3 Å². The van der Waals surface area contributed by atoms with Crippen molar-refractivity contribution < 1.29 is 0 Å². The van der Waals surface area contributed by atoms with E-state index in [0.717, 1.165) is 23.4 Å². The van der Waals surface area contributed by atoms with E-state index in [1.807, 2.05) is 6.07 Å². The molecule has 0 aliphatic heterocycles. The number of aryl methyl sites for hydroxylation is 1. The van der Waals surface area contributed by atoms with Gasteiger partial charge in [-0.1, -0.05) is 13.8 Å². The van der Waals surface area contributed by atoms with Gasteiger partial charge in [0, 0.05) is 12.6 Å². The Bertz CT molecular complexity index is 443. The molecule has 14 heavy (non-hydrogen) atoms. The molecule has 74 valence electrons. The van der Waals surface area contributed by atoms with E-state index in [2.05, 4.69) is 35.7 Å². The maximum atomic E-state index is 4.45. The topological polar surface area (TPSA) is 41.6 Å². The highest BCUT2D eigenvalue weighted by Gasteiger charge is 2.06. The second-order valence-electron chi connectivity index (χ2n) is 4.11. The third-order valence-electron chi connectivity index (χ3n) is 2.25. The van der Waals surface area contributed by atoms with Crippen LogP contribution >= 0.6 is 0 Å². The second-order valence-corrected chi connectivity index (χ2v) is 4.11. The molecule has 2 aromatic rings. The van der Waals surface area contributed by atoms with Crippen molar-refractivity contribution in [3.63, 3.8) is 0 Å². The minimum absolute atomic E-state index is 0.621. The summed E-state index contributed by atoms with van der Waals surface area (Å²) in [4.78, 5) is 12.0. The van der Waals surface area contributed by atoms with Crippen molar-refractivity contribution in [2.24, 2.45) is 5.92 Å². The Morgan fingerprint density at radius 3 is 2.86 bits per heavy atom. The molecule has 0 saturated heterocycles. The van der Waals surface area contributed by atoms with Crippen LogP contribution in [-0.2, 0) is 6.42 Å². The zero-order chi connectivity index (χ0) is 10.1. The molecule has 2 rings (SSSR count). The molecule has 0 spiro atoms. The molecule has 0 saturated carbocycles. The van der Waals surface area contributed by atoms with E-state index in [9.17, 15) is 0 Å². The van der Waals surface area contributed by atoms with E-state index in [1.165, 1.54) is 5.56 Å². The minimum atomic E-state index is 0.621. The fourth-order valence-electron chi connectivity index (χ4n) is 1.57. The number of fused-ring (bicyclic) bond motifs is 1. The van der Waals surface area contributed by atoms with E-state index in [1.54, 1.807) is 6.20 Å². The first-order valence-corrected chi connectivity index (χ1v) is 4.97. The first kappa shape index (κ1) is 9.19. The van der Waals surface area contributed by atoms with Gasteiger partial charge in [0.1, 0.15) is 5.82 Å². The first-order valence-electron chi connectivity index (χ1n) is 4.97. The van der Waals surface area contributed by atoms with Gasteiger partial charge in [-0.15, -0.1) is 0 Å². The Hall–Kier alpha value is -1.38. The Labute approximate surface area is 83.6 Å². The Kier molecular flexibility index (Phi) is 2.23. The number of nitrogens with one attached hydrogen (secondary N) is 1. The maximum Gasteiger partial charge on any atom is 0.177 e. The van der Waals surface area contributed by atoms with E-state index >= 15 is 0 Å². The van der Waals surface area contributed by atoms with Crippen LogP contribution in [0.3, 0.4) is 0 Å². The molecule has 0 unspecified atom stereocenters. The summed E-state index contributed by atoms with van der Waals surface area (Å²) >= 11 is 0. The SMILES string of the molecule is Cc1ccnc2nc(CC(C)C)[nH]c12. The van der Waals surface area contributed by atoms with Crippen LogP contribution in [-0.4, -0.2) is 15.0 Å². The van der Waals surface area contributed by atoms with Gasteiger partial charge >= 0.3 is 0 Å². The Balaban J connectivity index is 2.46. The van der Waals surface area contributed by atoms with Crippen molar-refractivity contribution in [1.29, 1.82) is 0 Å². The third-order valence-corrected chi connectivity index (χ3v) is 2.25. The molecule has 3 heteroatoms. The van der Waals surface area contributed by atoms with E-state index in [0.29, 0.717) is 5.92 Å². The lowest BCUT2D eigenvalue weighted by Gasteiger charge is -1.98. The van der Waals surface area contributed by atoms with Crippen LogP contribution in [0.5, 0.6) is 0 Å². The molecule has 0 aliphatic carbocycles. The Morgan fingerprint density at radius 1 is 1.43 bits per heavy atom. The van der Waals surface area contributed by atoms with Crippen molar-refractivity contribution in [3.8, 4) is 0 Å². The summed E-state index contributed by atoms with van der Waals surface area (Å²) in [7, 11) is 0. The molecule has 2 aromatic heterocycles. The van der Waals surface area contributed by atoms with Crippen molar-refractivity contribution in [2.45, 2.75) is 27.2 Å². The predicted octanol–water partition coefficient (Wildman–Crippen LogP) is 2.46. The van der Waals surface area contributed by atoms with Crippen molar-refractivity contribution in [2.75, 3.05) is 0 Å². The summed E-state index contributed by atoms with van der Waals surface area (Å²) in [5, 5.41) is 0. The second kappa shape index (κ2) is 3.40. The van der Waals surface area contributed by atoms with Gasteiger partial charge in [0.25, 0.3) is 0 Å². The van der Waals surface area contributed by atoms with Crippen molar-refractivity contribution >= 4 is 11.2 Å². The van der Waals surface area contributed by atoms with Gasteiger partial charge in [-0.3, -0.25) is 0 Å². The quantitative estimate of drug-likeness (QED) is 0.788. The van der Waals surface area contributed by atoms with Gasteiger partial charge in [0.05, 0.1) is 5.52 Å². The Morgan fingerprint density at radius 2 is 2.21 bits per heavy atom. The zero-order valence-corrected chi connectivity index (χ0v) is 8.83. The number of nitrogens with zero attached hydrogens (tertiary/aromatic N) is 2. The molecule has 0 atom stereocenters. The van der Waals surface area contributed by atoms with Crippen molar-refractivity contribution in [1.82, 2.24) is 15.0 Å². The van der Waals surface area contributed by atoms with Crippen LogP contribution in [0, 0.1) is 12.8 Å². The molecule has 0 aromatic carbocycles. The lowest BCUT2D eigenvalue weighted by atomic mass is 10.1. The molecule has 2 heterocycles. The summed E-state index contributed by atoms with van der Waals surface area (Å²) in [6, 6.07) is 2.00. The smallest absolute Gasteiger partial charge is 0.177 e. The number of rotatable bonds is 2. The molecule has 0 amide bonds. The zero-order valence-electron chi connectivity index (χ0n) is 8.83. The highest BCUT2D eigenvalue weighted by Crippen LogP contribution is 2.14. The number of aromatic nitrogens is 3. The average molecular weight is 189 g/mol. The largest absolute Gasteiger partial charge is 0.340 e. The normalized spacial score (nSPS) is 11.4. The predicted molar refractivity (Wildman–Crippen MR) is 57.2 cm³/mol. The van der Waals surface area contributed by atoms with Gasteiger partial charge in [0.15, 0.2) is 5.65 Å². The van der Waals surface area contributed by atoms with Gasteiger partial charge in [-0.05, 0) is 24.5 Å². The summed E-state index contributed by atoms with van der Waals surface area (Å²) < 4.78 is 0.